The molecule has 1 aliphatic rings. The highest BCUT2D eigenvalue weighted by molar-refractivity contribution is 6.32. The number of hydrogen-bond acceptors (Lipinski definition) is 4. The lowest BCUT2D eigenvalue weighted by molar-refractivity contribution is -0.129. The third-order valence-electron chi connectivity index (χ3n) is 3.19. The van der Waals surface area contributed by atoms with Gasteiger partial charge < -0.3 is 9.47 Å². The number of hydrogen-bond donors (Lipinski definition) is 0. The zero-order valence-electron chi connectivity index (χ0n) is 12.0. The molecule has 0 spiro atoms. The fourth-order valence-electron chi connectivity index (χ4n) is 2.06. The molecule has 6 heteroatoms. The Kier molecular flexibility index (Phi) is 4.37. The van der Waals surface area contributed by atoms with Crippen LogP contribution in [0.4, 0.5) is 0 Å². The summed E-state index contributed by atoms with van der Waals surface area (Å²) >= 11 is 11.9. The maximum atomic E-state index is 11.9. The molecule has 3 rings (SSSR count). The van der Waals surface area contributed by atoms with E-state index in [-0.39, 0.29) is 11.6 Å². The predicted molar refractivity (Wildman–Crippen MR) is 90.1 cm³/mol. The number of carbonyl (C=O) groups is 1. The monoisotopic (exact) mass is 347 g/mol. The number of esters is 1. The zero-order valence-corrected chi connectivity index (χ0v) is 13.6. The lowest BCUT2D eigenvalue weighted by Gasteiger charge is -2.03. The van der Waals surface area contributed by atoms with E-state index in [1.54, 1.807) is 48.5 Å². The zero-order chi connectivity index (χ0) is 16.4. The molecule has 23 heavy (non-hydrogen) atoms. The van der Waals surface area contributed by atoms with Gasteiger partial charge in [-0.3, -0.25) is 0 Å². The largest absolute Gasteiger partial charge is 0.495 e. The molecule has 0 unspecified atom stereocenters. The highest BCUT2D eigenvalue weighted by Gasteiger charge is 2.24. The molecule has 2 aromatic carbocycles. The van der Waals surface area contributed by atoms with Crippen LogP contribution in [0.1, 0.15) is 11.1 Å². The van der Waals surface area contributed by atoms with Crippen molar-refractivity contribution in [2.75, 3.05) is 7.11 Å². The van der Waals surface area contributed by atoms with E-state index in [0.29, 0.717) is 21.4 Å². The van der Waals surface area contributed by atoms with E-state index in [0.717, 1.165) is 5.56 Å². The molecule has 0 saturated carbocycles. The Balaban J connectivity index is 1.91. The molecule has 1 heterocycles. The molecule has 0 saturated heterocycles. The molecule has 4 nitrogen and oxygen atoms in total. The van der Waals surface area contributed by atoms with Crippen molar-refractivity contribution in [3.05, 3.63) is 69.3 Å². The van der Waals surface area contributed by atoms with E-state index < -0.39 is 5.97 Å². The summed E-state index contributed by atoms with van der Waals surface area (Å²) < 4.78 is 10.3. The average Bonchev–Trinajstić information content (AvgIpc) is 2.89. The van der Waals surface area contributed by atoms with Crippen molar-refractivity contribution in [3.8, 4) is 5.75 Å². The lowest BCUT2D eigenvalue weighted by atomic mass is 10.2. The number of ether oxygens (including phenoxy) is 2. The number of benzene rings is 2. The van der Waals surface area contributed by atoms with Gasteiger partial charge in [0.2, 0.25) is 5.90 Å². The second-order valence-corrected chi connectivity index (χ2v) is 5.58. The maximum absolute atomic E-state index is 11.9. The molecule has 0 amide bonds. The Hall–Kier alpha value is -2.30. The summed E-state index contributed by atoms with van der Waals surface area (Å²) in [6, 6.07) is 12.1. The summed E-state index contributed by atoms with van der Waals surface area (Å²) in [4.78, 5) is 16.2. The van der Waals surface area contributed by atoms with Crippen molar-refractivity contribution in [1.29, 1.82) is 0 Å². The Labute approximate surface area is 143 Å². The van der Waals surface area contributed by atoms with Gasteiger partial charge in [-0.05, 0) is 48.0 Å². The van der Waals surface area contributed by atoms with Crippen LogP contribution in [0, 0.1) is 0 Å². The molecule has 0 atom stereocenters. The van der Waals surface area contributed by atoms with Gasteiger partial charge in [0.15, 0.2) is 5.70 Å². The first-order valence-electron chi connectivity index (χ1n) is 6.69. The summed E-state index contributed by atoms with van der Waals surface area (Å²) in [5, 5.41) is 1.05. The topological polar surface area (TPSA) is 47.9 Å². The highest BCUT2D eigenvalue weighted by Crippen LogP contribution is 2.27. The van der Waals surface area contributed by atoms with E-state index in [9.17, 15) is 4.79 Å². The molecule has 0 aromatic heterocycles. The summed E-state index contributed by atoms with van der Waals surface area (Å²) in [5.41, 5.74) is 1.61. The summed E-state index contributed by atoms with van der Waals surface area (Å²) in [5.74, 6) is 0.299. The number of rotatable bonds is 3. The van der Waals surface area contributed by atoms with Crippen LogP contribution in [0.2, 0.25) is 10.0 Å². The Morgan fingerprint density at radius 1 is 1.13 bits per heavy atom. The van der Waals surface area contributed by atoms with Crippen LogP contribution in [0.25, 0.3) is 6.08 Å². The Morgan fingerprint density at radius 2 is 1.87 bits per heavy atom. The second kappa shape index (κ2) is 6.44. The van der Waals surface area contributed by atoms with Crippen LogP contribution in [0.5, 0.6) is 5.75 Å². The van der Waals surface area contributed by atoms with Crippen molar-refractivity contribution >= 4 is 41.1 Å². The van der Waals surface area contributed by atoms with Gasteiger partial charge in [-0.25, -0.2) is 9.79 Å². The molecule has 0 bridgehead atoms. The third kappa shape index (κ3) is 3.38. The summed E-state index contributed by atoms with van der Waals surface area (Å²) in [6.07, 6.45) is 1.61. The van der Waals surface area contributed by atoms with Crippen molar-refractivity contribution in [3.63, 3.8) is 0 Å². The first kappa shape index (κ1) is 15.6. The SMILES string of the molecule is COc1ccc(/C=C2/N=C(c3ccc(Cl)cc3)OC2=O)cc1Cl. The fraction of sp³-hybridized carbons (Fsp3) is 0.0588. The van der Waals surface area contributed by atoms with Crippen LogP contribution in [-0.2, 0) is 9.53 Å². The van der Waals surface area contributed by atoms with Crippen LogP contribution >= 0.6 is 23.2 Å². The molecular formula is C17H11Cl2NO3. The Bertz CT molecular complexity index is 826. The first-order chi connectivity index (χ1) is 11.1. The van der Waals surface area contributed by atoms with Gasteiger partial charge in [-0.1, -0.05) is 29.3 Å². The fourth-order valence-corrected chi connectivity index (χ4v) is 2.45. The smallest absolute Gasteiger partial charge is 0.363 e. The minimum absolute atomic E-state index is 0.205. The second-order valence-electron chi connectivity index (χ2n) is 4.74. The number of carbonyl (C=O) groups excluding carboxylic acids is 1. The van der Waals surface area contributed by atoms with E-state index in [1.807, 2.05) is 0 Å². The van der Waals surface area contributed by atoms with Crippen LogP contribution < -0.4 is 4.74 Å². The number of cyclic esters (lactones) is 1. The number of halogens is 2. The predicted octanol–water partition coefficient (Wildman–Crippen LogP) is 4.35. The quantitative estimate of drug-likeness (QED) is 0.612. The van der Waals surface area contributed by atoms with Crippen molar-refractivity contribution in [1.82, 2.24) is 0 Å². The minimum atomic E-state index is -0.512. The van der Waals surface area contributed by atoms with Gasteiger partial charge in [-0.15, -0.1) is 0 Å². The van der Waals surface area contributed by atoms with Crippen molar-refractivity contribution in [2.45, 2.75) is 0 Å². The van der Waals surface area contributed by atoms with Gasteiger partial charge in [-0.2, -0.15) is 0 Å². The summed E-state index contributed by atoms with van der Waals surface area (Å²) in [6.45, 7) is 0. The molecule has 0 fully saturated rings. The van der Waals surface area contributed by atoms with E-state index in [1.165, 1.54) is 7.11 Å². The first-order valence-corrected chi connectivity index (χ1v) is 7.44. The lowest BCUT2D eigenvalue weighted by Crippen LogP contribution is -2.05. The molecule has 116 valence electrons. The highest BCUT2D eigenvalue weighted by atomic mass is 35.5. The molecule has 2 aromatic rings. The van der Waals surface area contributed by atoms with Gasteiger partial charge in [0.05, 0.1) is 12.1 Å². The maximum Gasteiger partial charge on any atom is 0.363 e. The molecule has 1 aliphatic heterocycles. The van der Waals surface area contributed by atoms with Crippen LogP contribution in [0.15, 0.2) is 53.2 Å². The normalized spacial score (nSPS) is 15.5. The standard InChI is InChI=1S/C17H11Cl2NO3/c1-22-15-7-2-10(8-13(15)19)9-14-17(21)23-16(20-14)11-3-5-12(18)6-4-11/h2-9H,1H3/b14-9+. The van der Waals surface area contributed by atoms with Gasteiger partial charge in [0.25, 0.3) is 0 Å². The number of methoxy groups -OCH3 is 1. The van der Waals surface area contributed by atoms with E-state index in [4.69, 9.17) is 32.7 Å². The van der Waals surface area contributed by atoms with Crippen molar-refractivity contribution in [2.24, 2.45) is 4.99 Å². The molecule has 0 aliphatic carbocycles. The number of aliphatic imine (C=N–C) groups is 1. The van der Waals surface area contributed by atoms with E-state index >= 15 is 0 Å². The minimum Gasteiger partial charge on any atom is -0.495 e. The average molecular weight is 348 g/mol. The van der Waals surface area contributed by atoms with Crippen LogP contribution in [0.3, 0.4) is 0 Å². The molecule has 0 radical (unpaired) electrons. The van der Waals surface area contributed by atoms with Crippen LogP contribution in [-0.4, -0.2) is 19.0 Å². The number of nitrogens with zero attached hydrogens (tertiary/aromatic N) is 1. The molecule has 0 N–H and O–H groups in total. The third-order valence-corrected chi connectivity index (χ3v) is 3.74. The molecular weight excluding hydrogens is 337 g/mol. The Morgan fingerprint density at radius 3 is 2.52 bits per heavy atom. The summed E-state index contributed by atoms with van der Waals surface area (Å²) in [7, 11) is 1.54. The van der Waals surface area contributed by atoms with E-state index in [2.05, 4.69) is 4.99 Å². The van der Waals surface area contributed by atoms with Crippen molar-refractivity contribution < 1.29 is 14.3 Å². The van der Waals surface area contributed by atoms with Gasteiger partial charge >= 0.3 is 5.97 Å². The van der Waals surface area contributed by atoms with Gasteiger partial charge in [0, 0.05) is 10.6 Å². The van der Waals surface area contributed by atoms with Gasteiger partial charge in [0.1, 0.15) is 5.75 Å².